The number of para-hydroxylation sites is 1. The summed E-state index contributed by atoms with van der Waals surface area (Å²) >= 11 is 1.17. The van der Waals surface area contributed by atoms with Gasteiger partial charge in [-0.3, -0.25) is 4.79 Å². The predicted octanol–water partition coefficient (Wildman–Crippen LogP) is 2.88. The molecule has 1 aromatic heterocycles. The van der Waals surface area contributed by atoms with E-state index in [4.69, 9.17) is 18.6 Å². The van der Waals surface area contributed by atoms with Crippen LogP contribution in [0.4, 0.5) is 0 Å². The molecule has 0 fully saturated rings. The summed E-state index contributed by atoms with van der Waals surface area (Å²) in [5.41, 5.74) is 1.63. The molecule has 9 heteroatoms. The minimum Gasteiger partial charge on any atom is -0.496 e. The molecule has 0 unspecified atom stereocenters. The van der Waals surface area contributed by atoms with Gasteiger partial charge in [0.1, 0.15) is 5.75 Å². The SMILES string of the molecule is COc1ccccc1-c1nnc(SCC(=O)NCc2ccc3c(c2)OCO3)o1. The van der Waals surface area contributed by atoms with Crippen LogP contribution >= 0.6 is 11.8 Å². The van der Waals surface area contributed by atoms with Crippen LogP contribution in [0.5, 0.6) is 17.2 Å². The Hall–Kier alpha value is -3.20. The molecule has 1 N–H and O–H groups in total. The van der Waals surface area contributed by atoms with Gasteiger partial charge >= 0.3 is 0 Å². The van der Waals surface area contributed by atoms with Crippen LogP contribution in [0.15, 0.2) is 52.1 Å². The van der Waals surface area contributed by atoms with Gasteiger partial charge in [-0.25, -0.2) is 0 Å². The molecule has 28 heavy (non-hydrogen) atoms. The summed E-state index contributed by atoms with van der Waals surface area (Å²) in [5, 5.41) is 11.2. The molecule has 0 saturated carbocycles. The Balaban J connectivity index is 1.30. The van der Waals surface area contributed by atoms with Gasteiger partial charge in [0, 0.05) is 6.54 Å². The van der Waals surface area contributed by atoms with E-state index in [1.807, 2.05) is 42.5 Å². The molecule has 0 spiro atoms. The highest BCUT2D eigenvalue weighted by atomic mass is 32.2. The van der Waals surface area contributed by atoms with Crippen molar-refractivity contribution < 1.29 is 23.4 Å². The van der Waals surface area contributed by atoms with Crippen molar-refractivity contribution >= 4 is 17.7 Å². The van der Waals surface area contributed by atoms with Crippen molar-refractivity contribution in [2.75, 3.05) is 19.7 Å². The number of methoxy groups -OCH3 is 1. The molecular weight excluding hydrogens is 382 g/mol. The summed E-state index contributed by atoms with van der Waals surface area (Å²) < 4.78 is 21.5. The predicted molar refractivity (Wildman–Crippen MR) is 101 cm³/mol. The van der Waals surface area contributed by atoms with Gasteiger partial charge in [-0.2, -0.15) is 0 Å². The van der Waals surface area contributed by atoms with Crippen molar-refractivity contribution in [2.45, 2.75) is 11.8 Å². The Morgan fingerprint density at radius 1 is 1.18 bits per heavy atom. The number of carbonyl (C=O) groups excluding carboxylic acids is 1. The van der Waals surface area contributed by atoms with Crippen LogP contribution in [-0.4, -0.2) is 35.8 Å². The number of ether oxygens (including phenoxy) is 3. The van der Waals surface area contributed by atoms with E-state index >= 15 is 0 Å². The number of carbonyl (C=O) groups is 1. The number of hydrogen-bond donors (Lipinski definition) is 1. The van der Waals surface area contributed by atoms with E-state index in [1.54, 1.807) is 7.11 Å². The minimum absolute atomic E-state index is 0.139. The fraction of sp³-hybridized carbons (Fsp3) is 0.211. The molecule has 0 atom stereocenters. The molecule has 144 valence electrons. The third-order valence-corrected chi connectivity index (χ3v) is 4.82. The Labute approximate surface area is 165 Å². The first kappa shape index (κ1) is 18.2. The molecule has 1 aliphatic rings. The fourth-order valence-corrected chi connectivity index (χ4v) is 3.22. The molecule has 2 heterocycles. The van der Waals surface area contributed by atoms with E-state index in [2.05, 4.69) is 15.5 Å². The number of fused-ring (bicyclic) bond motifs is 1. The monoisotopic (exact) mass is 399 g/mol. The normalized spacial score (nSPS) is 12.0. The summed E-state index contributed by atoms with van der Waals surface area (Å²) in [4.78, 5) is 12.1. The smallest absolute Gasteiger partial charge is 0.277 e. The van der Waals surface area contributed by atoms with Gasteiger partial charge in [0.25, 0.3) is 11.1 Å². The molecule has 1 amide bonds. The third-order valence-electron chi connectivity index (χ3n) is 4.00. The average Bonchev–Trinajstić information content (AvgIpc) is 3.39. The largest absolute Gasteiger partial charge is 0.496 e. The van der Waals surface area contributed by atoms with Gasteiger partial charge in [0.2, 0.25) is 12.7 Å². The Kier molecular flexibility index (Phi) is 5.34. The molecule has 0 saturated heterocycles. The highest BCUT2D eigenvalue weighted by Gasteiger charge is 2.15. The van der Waals surface area contributed by atoms with E-state index in [-0.39, 0.29) is 18.5 Å². The Morgan fingerprint density at radius 2 is 2.04 bits per heavy atom. The van der Waals surface area contributed by atoms with Crippen molar-refractivity contribution in [1.82, 2.24) is 15.5 Å². The standard InChI is InChI=1S/C19H17N3O5S/c1-24-14-5-3-2-4-13(14)18-21-22-19(27-18)28-10-17(23)20-9-12-6-7-15-16(8-12)26-11-25-15/h2-8H,9-11H2,1H3,(H,20,23). The first-order valence-electron chi connectivity index (χ1n) is 8.48. The lowest BCUT2D eigenvalue weighted by atomic mass is 10.2. The van der Waals surface area contributed by atoms with Crippen LogP contribution in [-0.2, 0) is 11.3 Å². The van der Waals surface area contributed by atoms with Crippen molar-refractivity contribution in [3.05, 3.63) is 48.0 Å². The second-order valence-electron chi connectivity index (χ2n) is 5.83. The van der Waals surface area contributed by atoms with Crippen LogP contribution in [0.25, 0.3) is 11.5 Å². The quantitative estimate of drug-likeness (QED) is 0.606. The summed E-state index contributed by atoms with van der Waals surface area (Å²) in [7, 11) is 1.58. The molecule has 2 aromatic carbocycles. The van der Waals surface area contributed by atoms with Crippen LogP contribution in [0.3, 0.4) is 0 Å². The average molecular weight is 399 g/mol. The van der Waals surface area contributed by atoms with Crippen molar-refractivity contribution in [2.24, 2.45) is 0 Å². The Bertz CT molecular complexity index is 991. The van der Waals surface area contributed by atoms with Crippen molar-refractivity contribution in [3.8, 4) is 28.7 Å². The second-order valence-corrected chi connectivity index (χ2v) is 6.75. The highest BCUT2D eigenvalue weighted by Crippen LogP contribution is 2.32. The van der Waals surface area contributed by atoms with E-state index in [1.165, 1.54) is 11.8 Å². The summed E-state index contributed by atoms with van der Waals surface area (Å²) in [6.45, 7) is 0.620. The summed E-state index contributed by atoms with van der Waals surface area (Å²) in [6.07, 6.45) is 0. The van der Waals surface area contributed by atoms with Gasteiger partial charge in [-0.15, -0.1) is 10.2 Å². The van der Waals surface area contributed by atoms with Crippen molar-refractivity contribution in [1.29, 1.82) is 0 Å². The maximum atomic E-state index is 12.1. The first-order valence-corrected chi connectivity index (χ1v) is 9.46. The van der Waals surface area contributed by atoms with Crippen LogP contribution < -0.4 is 19.5 Å². The second kappa shape index (κ2) is 8.22. The molecule has 0 aliphatic carbocycles. The van der Waals surface area contributed by atoms with Gasteiger partial charge in [-0.1, -0.05) is 30.0 Å². The lowest BCUT2D eigenvalue weighted by Gasteiger charge is -2.05. The first-order chi connectivity index (χ1) is 13.7. The number of hydrogen-bond acceptors (Lipinski definition) is 8. The topological polar surface area (TPSA) is 95.7 Å². The zero-order chi connectivity index (χ0) is 19.3. The van der Waals surface area contributed by atoms with Crippen molar-refractivity contribution in [3.63, 3.8) is 0 Å². The van der Waals surface area contributed by atoms with Crippen LogP contribution in [0.1, 0.15) is 5.56 Å². The fourth-order valence-electron chi connectivity index (χ4n) is 2.63. The van der Waals surface area contributed by atoms with E-state index in [0.717, 1.165) is 5.56 Å². The maximum Gasteiger partial charge on any atom is 0.277 e. The van der Waals surface area contributed by atoms with Gasteiger partial charge in [0.15, 0.2) is 11.5 Å². The minimum atomic E-state index is -0.139. The number of nitrogens with zero attached hydrogens (tertiary/aromatic N) is 2. The Morgan fingerprint density at radius 3 is 2.93 bits per heavy atom. The van der Waals surface area contributed by atoms with E-state index in [9.17, 15) is 4.79 Å². The zero-order valence-corrected chi connectivity index (χ0v) is 15.8. The number of amides is 1. The molecule has 4 rings (SSSR count). The number of rotatable bonds is 7. The summed E-state index contributed by atoms with van der Waals surface area (Å²) in [6, 6.07) is 12.9. The van der Waals surface area contributed by atoms with E-state index < -0.39 is 0 Å². The lowest BCUT2D eigenvalue weighted by molar-refractivity contribution is -0.118. The molecule has 3 aromatic rings. The third kappa shape index (κ3) is 4.04. The zero-order valence-electron chi connectivity index (χ0n) is 15.0. The number of benzene rings is 2. The maximum absolute atomic E-state index is 12.1. The summed E-state index contributed by atoms with van der Waals surface area (Å²) in [5.74, 6) is 2.42. The van der Waals surface area contributed by atoms with Gasteiger partial charge in [0.05, 0.1) is 18.4 Å². The highest BCUT2D eigenvalue weighted by molar-refractivity contribution is 7.99. The molecule has 0 radical (unpaired) electrons. The molecule has 0 bridgehead atoms. The number of nitrogens with one attached hydrogen (secondary N) is 1. The van der Waals surface area contributed by atoms with Gasteiger partial charge < -0.3 is 23.9 Å². The lowest BCUT2D eigenvalue weighted by Crippen LogP contribution is -2.24. The van der Waals surface area contributed by atoms with Crippen LogP contribution in [0, 0.1) is 0 Å². The molecular formula is C19H17N3O5S. The number of aromatic nitrogens is 2. The molecule has 8 nitrogen and oxygen atoms in total. The van der Waals surface area contributed by atoms with Crippen LogP contribution in [0.2, 0.25) is 0 Å². The number of thioether (sulfide) groups is 1. The molecule has 1 aliphatic heterocycles. The van der Waals surface area contributed by atoms with E-state index in [0.29, 0.717) is 40.5 Å². The van der Waals surface area contributed by atoms with Gasteiger partial charge in [-0.05, 0) is 29.8 Å².